The van der Waals surface area contributed by atoms with E-state index < -0.39 is 0 Å². The number of piperidine rings is 1. The van der Waals surface area contributed by atoms with E-state index in [1.807, 2.05) is 23.5 Å². The van der Waals surface area contributed by atoms with E-state index in [4.69, 9.17) is 9.47 Å². The highest BCUT2D eigenvalue weighted by Gasteiger charge is 2.35. The Morgan fingerprint density at radius 3 is 2.96 bits per heavy atom. The van der Waals surface area contributed by atoms with Crippen LogP contribution >= 0.6 is 0 Å². The van der Waals surface area contributed by atoms with Crippen molar-refractivity contribution in [2.45, 2.75) is 39.2 Å². The van der Waals surface area contributed by atoms with Crippen molar-refractivity contribution in [1.82, 2.24) is 14.5 Å². The molecule has 0 aliphatic carbocycles. The minimum Gasteiger partial charge on any atom is -0.454 e. The molecule has 26 heavy (non-hydrogen) atoms. The third kappa shape index (κ3) is 3.69. The molecule has 0 saturated carbocycles. The second-order valence-corrected chi connectivity index (χ2v) is 7.64. The maximum absolute atomic E-state index is 12.4. The molecule has 0 bridgehead atoms. The molecule has 1 fully saturated rings. The number of likely N-dealkylation sites (tertiary alicyclic amines) is 1. The number of imidazole rings is 1. The van der Waals surface area contributed by atoms with E-state index in [0.717, 1.165) is 50.4 Å². The van der Waals surface area contributed by atoms with Gasteiger partial charge in [-0.3, -0.25) is 4.79 Å². The average Bonchev–Trinajstić information content (AvgIpc) is 3.29. The summed E-state index contributed by atoms with van der Waals surface area (Å²) in [6.45, 7) is 5.09. The van der Waals surface area contributed by atoms with E-state index in [2.05, 4.69) is 28.6 Å². The Balaban J connectivity index is 1.37. The zero-order valence-electron chi connectivity index (χ0n) is 15.2. The largest absolute Gasteiger partial charge is 0.454 e. The van der Waals surface area contributed by atoms with Crippen molar-refractivity contribution in [3.63, 3.8) is 0 Å². The third-order valence-corrected chi connectivity index (χ3v) is 5.34. The van der Waals surface area contributed by atoms with E-state index in [9.17, 15) is 4.79 Å². The summed E-state index contributed by atoms with van der Waals surface area (Å²) < 4.78 is 12.9. The molecule has 2 aliphatic heterocycles. The van der Waals surface area contributed by atoms with Gasteiger partial charge >= 0.3 is 0 Å². The highest BCUT2D eigenvalue weighted by Crippen LogP contribution is 2.37. The van der Waals surface area contributed by atoms with Crippen LogP contribution in [0.2, 0.25) is 0 Å². The third-order valence-electron chi connectivity index (χ3n) is 5.34. The first-order valence-electron chi connectivity index (χ1n) is 9.23. The molecule has 138 valence electrons. The Hall–Kier alpha value is -2.50. The minimum absolute atomic E-state index is 0.0939. The highest BCUT2D eigenvalue weighted by atomic mass is 16.7. The molecule has 1 saturated heterocycles. The first kappa shape index (κ1) is 16.9. The number of fused-ring (bicyclic) bond motifs is 1. The summed E-state index contributed by atoms with van der Waals surface area (Å²) in [7, 11) is 0. The number of aryl methyl sites for hydroxylation is 1. The summed E-state index contributed by atoms with van der Waals surface area (Å²) in [5.41, 5.74) is 1.33. The Bertz CT molecular complexity index is 775. The molecule has 2 aromatic rings. The summed E-state index contributed by atoms with van der Waals surface area (Å²) in [5.74, 6) is 1.92. The molecular formula is C20H25N3O3. The predicted octanol–water partition coefficient (Wildman–Crippen LogP) is 2.87. The van der Waals surface area contributed by atoms with Gasteiger partial charge in [-0.05, 0) is 42.4 Å². The minimum atomic E-state index is 0.0939. The number of hydrogen-bond acceptors (Lipinski definition) is 4. The summed E-state index contributed by atoms with van der Waals surface area (Å²) in [6.07, 6.45) is 9.01. The number of nitrogens with zero attached hydrogens (tertiary/aromatic N) is 3. The molecule has 4 rings (SSSR count). The maximum Gasteiger partial charge on any atom is 0.231 e. The summed E-state index contributed by atoms with van der Waals surface area (Å²) >= 11 is 0. The second kappa shape index (κ2) is 7.02. The van der Waals surface area contributed by atoms with Gasteiger partial charge in [0.2, 0.25) is 12.7 Å². The molecule has 6 nitrogen and oxygen atoms in total. The van der Waals surface area contributed by atoms with Crippen LogP contribution in [0.1, 0.15) is 31.7 Å². The monoisotopic (exact) mass is 355 g/mol. The summed E-state index contributed by atoms with van der Waals surface area (Å²) in [6, 6.07) is 6.17. The Labute approximate surface area is 153 Å². The van der Waals surface area contributed by atoms with Gasteiger partial charge in [-0.25, -0.2) is 4.98 Å². The van der Waals surface area contributed by atoms with Crippen molar-refractivity contribution in [3.05, 3.63) is 42.5 Å². The van der Waals surface area contributed by atoms with Crippen LogP contribution in [0.25, 0.3) is 0 Å². The van der Waals surface area contributed by atoms with Crippen molar-refractivity contribution in [1.29, 1.82) is 0 Å². The van der Waals surface area contributed by atoms with Crippen molar-refractivity contribution in [3.8, 4) is 11.5 Å². The Morgan fingerprint density at radius 1 is 1.23 bits per heavy atom. The van der Waals surface area contributed by atoms with Gasteiger partial charge in [-0.15, -0.1) is 0 Å². The fourth-order valence-corrected chi connectivity index (χ4v) is 3.95. The van der Waals surface area contributed by atoms with Crippen LogP contribution in [0, 0.1) is 5.41 Å². The standard InChI is InChI=1S/C20H25N3O3/c1-20(12-16-3-4-17-18(11-16)26-15-25-17)6-5-19(24)23(13-20)9-2-8-22-10-7-21-14-22/h3-4,7,10-11,14H,2,5-6,8-9,12-13,15H2,1H3/t20-/m0/s1. The molecule has 1 atom stereocenters. The van der Waals surface area contributed by atoms with E-state index in [1.54, 1.807) is 6.20 Å². The van der Waals surface area contributed by atoms with Gasteiger partial charge in [0, 0.05) is 38.4 Å². The summed E-state index contributed by atoms with van der Waals surface area (Å²) in [4.78, 5) is 18.4. The topological polar surface area (TPSA) is 56.6 Å². The highest BCUT2D eigenvalue weighted by molar-refractivity contribution is 5.77. The van der Waals surface area contributed by atoms with Gasteiger partial charge in [0.15, 0.2) is 11.5 Å². The van der Waals surface area contributed by atoms with E-state index in [0.29, 0.717) is 13.2 Å². The quantitative estimate of drug-likeness (QED) is 0.799. The predicted molar refractivity (Wildman–Crippen MR) is 97.0 cm³/mol. The first-order valence-corrected chi connectivity index (χ1v) is 9.23. The Morgan fingerprint density at radius 2 is 2.12 bits per heavy atom. The van der Waals surface area contributed by atoms with Crippen LogP contribution in [0.5, 0.6) is 11.5 Å². The van der Waals surface area contributed by atoms with Crippen LogP contribution in [0.3, 0.4) is 0 Å². The molecule has 0 N–H and O–H groups in total. The number of carbonyl (C=O) groups excluding carboxylic acids is 1. The van der Waals surface area contributed by atoms with Crippen LogP contribution in [-0.4, -0.2) is 40.2 Å². The molecule has 6 heteroatoms. The molecule has 1 aromatic carbocycles. The van der Waals surface area contributed by atoms with Gasteiger partial charge in [0.1, 0.15) is 0 Å². The summed E-state index contributed by atoms with van der Waals surface area (Å²) in [5, 5.41) is 0. The zero-order chi connectivity index (χ0) is 18.0. The molecule has 3 heterocycles. The SMILES string of the molecule is C[C@@]1(Cc2ccc3c(c2)OCO3)CCC(=O)N(CCCn2ccnc2)C1. The molecule has 1 amide bonds. The number of aromatic nitrogens is 2. The van der Waals surface area contributed by atoms with Gasteiger partial charge in [-0.1, -0.05) is 13.0 Å². The molecule has 0 unspecified atom stereocenters. The molecule has 1 aromatic heterocycles. The van der Waals surface area contributed by atoms with E-state index in [-0.39, 0.29) is 11.3 Å². The number of carbonyl (C=O) groups is 1. The first-order chi connectivity index (χ1) is 12.6. The van der Waals surface area contributed by atoms with Crippen molar-refractivity contribution >= 4 is 5.91 Å². The molecule has 0 spiro atoms. The van der Waals surface area contributed by atoms with Gasteiger partial charge < -0.3 is 18.9 Å². The fraction of sp³-hybridized carbons (Fsp3) is 0.500. The van der Waals surface area contributed by atoms with E-state index in [1.165, 1.54) is 5.56 Å². The Kier molecular flexibility index (Phi) is 4.57. The normalized spacial score (nSPS) is 22.0. The van der Waals surface area contributed by atoms with Crippen molar-refractivity contribution in [2.75, 3.05) is 19.9 Å². The zero-order valence-corrected chi connectivity index (χ0v) is 15.2. The lowest BCUT2D eigenvalue weighted by atomic mass is 9.76. The second-order valence-electron chi connectivity index (χ2n) is 7.64. The lowest BCUT2D eigenvalue weighted by Gasteiger charge is -2.40. The van der Waals surface area contributed by atoms with Crippen LogP contribution < -0.4 is 9.47 Å². The maximum atomic E-state index is 12.4. The lowest BCUT2D eigenvalue weighted by Crippen LogP contribution is -2.46. The van der Waals surface area contributed by atoms with Crippen molar-refractivity contribution < 1.29 is 14.3 Å². The van der Waals surface area contributed by atoms with Crippen molar-refractivity contribution in [2.24, 2.45) is 5.41 Å². The van der Waals surface area contributed by atoms with Crippen LogP contribution in [-0.2, 0) is 17.8 Å². The molecule has 2 aliphatic rings. The average molecular weight is 355 g/mol. The number of hydrogen-bond donors (Lipinski definition) is 0. The number of rotatable bonds is 6. The number of amides is 1. The molecular weight excluding hydrogens is 330 g/mol. The number of benzene rings is 1. The molecule has 0 radical (unpaired) electrons. The number of ether oxygens (including phenoxy) is 2. The van der Waals surface area contributed by atoms with E-state index >= 15 is 0 Å². The van der Waals surface area contributed by atoms with Crippen LogP contribution in [0.15, 0.2) is 36.9 Å². The van der Waals surface area contributed by atoms with Gasteiger partial charge in [-0.2, -0.15) is 0 Å². The smallest absolute Gasteiger partial charge is 0.231 e. The van der Waals surface area contributed by atoms with Gasteiger partial charge in [0.05, 0.1) is 6.33 Å². The van der Waals surface area contributed by atoms with Crippen LogP contribution in [0.4, 0.5) is 0 Å². The lowest BCUT2D eigenvalue weighted by molar-refractivity contribution is -0.137. The fourth-order valence-electron chi connectivity index (χ4n) is 3.95. The van der Waals surface area contributed by atoms with Gasteiger partial charge in [0.25, 0.3) is 0 Å².